The van der Waals surface area contributed by atoms with Gasteiger partial charge in [0.15, 0.2) is 0 Å². The Labute approximate surface area is 110 Å². The summed E-state index contributed by atoms with van der Waals surface area (Å²) < 4.78 is 0. The number of aryl methyl sites for hydroxylation is 1. The van der Waals surface area contributed by atoms with Gasteiger partial charge in [-0.15, -0.1) is 11.3 Å². The molecule has 2 nitrogen and oxygen atoms in total. The Hall–Kier alpha value is -1.58. The molecule has 92 valence electrons. The molecular weight excluding hydrogens is 242 g/mol. The highest BCUT2D eigenvalue weighted by Crippen LogP contribution is 2.37. The Bertz CT molecular complexity index is 693. The van der Waals surface area contributed by atoms with E-state index in [1.165, 1.54) is 4.88 Å². The van der Waals surface area contributed by atoms with E-state index in [0.29, 0.717) is 0 Å². The molecule has 0 aliphatic rings. The van der Waals surface area contributed by atoms with E-state index in [1.807, 2.05) is 49.5 Å². The van der Waals surface area contributed by atoms with Crippen LogP contribution in [-0.4, -0.2) is 10.1 Å². The van der Waals surface area contributed by atoms with E-state index >= 15 is 0 Å². The van der Waals surface area contributed by atoms with Crippen LogP contribution in [0.3, 0.4) is 0 Å². The van der Waals surface area contributed by atoms with Crippen LogP contribution in [0.5, 0.6) is 0 Å². The zero-order chi connectivity index (χ0) is 12.8. The monoisotopic (exact) mass is 257 g/mol. The quantitative estimate of drug-likeness (QED) is 0.720. The van der Waals surface area contributed by atoms with E-state index in [0.717, 1.165) is 21.3 Å². The lowest BCUT2D eigenvalue weighted by atomic mass is 9.91. The minimum atomic E-state index is -0.944. The van der Waals surface area contributed by atoms with E-state index in [-0.39, 0.29) is 0 Å². The number of benzene rings is 1. The standard InChI is InChI=1S/C15H15NOS/c1-10-6-7-14(18-10)15(2,17)12-4-3-5-13-11(12)8-9-16-13/h3-9,16-17H,1-2H3. The molecule has 0 amide bonds. The lowest BCUT2D eigenvalue weighted by Crippen LogP contribution is -2.21. The van der Waals surface area contributed by atoms with Gasteiger partial charge in [-0.2, -0.15) is 0 Å². The maximum atomic E-state index is 10.9. The predicted molar refractivity (Wildman–Crippen MR) is 76.0 cm³/mol. The van der Waals surface area contributed by atoms with Gasteiger partial charge in [0.25, 0.3) is 0 Å². The van der Waals surface area contributed by atoms with Crippen LogP contribution in [0.25, 0.3) is 10.9 Å². The number of fused-ring (bicyclic) bond motifs is 1. The first-order valence-corrected chi connectivity index (χ1v) is 6.76. The number of hydrogen-bond acceptors (Lipinski definition) is 2. The summed E-state index contributed by atoms with van der Waals surface area (Å²) in [7, 11) is 0. The predicted octanol–water partition coefficient (Wildman–Crippen LogP) is 3.79. The summed E-state index contributed by atoms with van der Waals surface area (Å²) in [5, 5.41) is 12.0. The van der Waals surface area contributed by atoms with Gasteiger partial charge in [-0.1, -0.05) is 12.1 Å². The molecule has 1 aromatic carbocycles. The Balaban J connectivity index is 2.21. The van der Waals surface area contributed by atoms with Crippen molar-refractivity contribution >= 4 is 22.2 Å². The molecule has 2 heterocycles. The molecule has 0 spiro atoms. The van der Waals surface area contributed by atoms with Crippen LogP contribution in [0.4, 0.5) is 0 Å². The van der Waals surface area contributed by atoms with E-state index < -0.39 is 5.60 Å². The number of aromatic nitrogens is 1. The summed E-state index contributed by atoms with van der Waals surface area (Å²) >= 11 is 1.64. The average Bonchev–Trinajstić information content (AvgIpc) is 2.96. The zero-order valence-corrected chi connectivity index (χ0v) is 11.2. The van der Waals surface area contributed by atoms with Gasteiger partial charge < -0.3 is 10.1 Å². The van der Waals surface area contributed by atoms with Crippen molar-refractivity contribution in [3.05, 3.63) is 57.9 Å². The van der Waals surface area contributed by atoms with Crippen LogP contribution >= 0.6 is 11.3 Å². The molecule has 18 heavy (non-hydrogen) atoms. The van der Waals surface area contributed by atoms with Crippen molar-refractivity contribution < 1.29 is 5.11 Å². The van der Waals surface area contributed by atoms with Crippen LogP contribution in [0.1, 0.15) is 22.2 Å². The van der Waals surface area contributed by atoms with E-state index in [4.69, 9.17) is 0 Å². The number of H-pyrrole nitrogens is 1. The summed E-state index contributed by atoms with van der Waals surface area (Å²) in [6.45, 7) is 3.92. The number of thiophene rings is 1. The van der Waals surface area contributed by atoms with Gasteiger partial charge in [-0.05, 0) is 43.7 Å². The number of aliphatic hydroxyl groups is 1. The third kappa shape index (κ3) is 1.67. The fraction of sp³-hybridized carbons (Fsp3) is 0.200. The highest BCUT2D eigenvalue weighted by Gasteiger charge is 2.29. The molecule has 0 aliphatic carbocycles. The van der Waals surface area contributed by atoms with Crippen LogP contribution in [-0.2, 0) is 5.60 Å². The van der Waals surface area contributed by atoms with Crippen LogP contribution in [0.2, 0.25) is 0 Å². The van der Waals surface area contributed by atoms with Crippen LogP contribution in [0.15, 0.2) is 42.6 Å². The topological polar surface area (TPSA) is 36.0 Å². The third-order valence-electron chi connectivity index (χ3n) is 3.34. The summed E-state index contributed by atoms with van der Waals surface area (Å²) in [5.74, 6) is 0. The van der Waals surface area contributed by atoms with Gasteiger partial charge in [0.2, 0.25) is 0 Å². The Morgan fingerprint density at radius 2 is 2.00 bits per heavy atom. The minimum Gasteiger partial charge on any atom is -0.380 e. The molecule has 2 N–H and O–H groups in total. The maximum Gasteiger partial charge on any atom is 0.122 e. The molecule has 0 aliphatic heterocycles. The van der Waals surface area contributed by atoms with Crippen LogP contribution in [0, 0.1) is 6.92 Å². The van der Waals surface area contributed by atoms with Crippen molar-refractivity contribution in [3.63, 3.8) is 0 Å². The molecule has 0 saturated carbocycles. The SMILES string of the molecule is Cc1ccc(C(C)(O)c2cccc3[nH]ccc23)s1. The first-order valence-electron chi connectivity index (χ1n) is 5.95. The number of aromatic amines is 1. The van der Waals surface area contributed by atoms with Crippen molar-refractivity contribution in [2.45, 2.75) is 19.4 Å². The van der Waals surface area contributed by atoms with Gasteiger partial charge in [0.1, 0.15) is 5.60 Å². The van der Waals surface area contributed by atoms with Crippen molar-refractivity contribution in [3.8, 4) is 0 Å². The summed E-state index contributed by atoms with van der Waals surface area (Å²) in [6.07, 6.45) is 1.91. The number of rotatable bonds is 2. The zero-order valence-electron chi connectivity index (χ0n) is 10.4. The number of hydrogen-bond donors (Lipinski definition) is 2. The lowest BCUT2D eigenvalue weighted by Gasteiger charge is -2.23. The first-order chi connectivity index (χ1) is 8.59. The third-order valence-corrected chi connectivity index (χ3v) is 4.55. The first kappa shape index (κ1) is 11.5. The Morgan fingerprint density at radius 3 is 2.72 bits per heavy atom. The summed E-state index contributed by atoms with van der Waals surface area (Å²) in [4.78, 5) is 5.38. The fourth-order valence-electron chi connectivity index (χ4n) is 2.34. The molecular formula is C15H15NOS. The molecule has 1 atom stereocenters. The summed E-state index contributed by atoms with van der Waals surface area (Å²) in [5.41, 5.74) is 1.06. The normalized spacial score (nSPS) is 14.8. The maximum absolute atomic E-state index is 10.9. The molecule has 3 aromatic rings. The summed E-state index contributed by atoms with van der Waals surface area (Å²) in [6, 6.07) is 12.1. The fourth-order valence-corrected chi connectivity index (χ4v) is 3.27. The second kappa shape index (κ2) is 3.97. The smallest absolute Gasteiger partial charge is 0.122 e. The molecule has 1 unspecified atom stereocenters. The molecule has 3 rings (SSSR count). The molecule has 0 bridgehead atoms. The van der Waals surface area contributed by atoms with Gasteiger partial charge in [-0.3, -0.25) is 0 Å². The molecule has 2 aromatic heterocycles. The van der Waals surface area contributed by atoms with Crippen molar-refractivity contribution in [1.82, 2.24) is 4.98 Å². The highest BCUT2D eigenvalue weighted by atomic mass is 32.1. The van der Waals surface area contributed by atoms with E-state index in [2.05, 4.69) is 11.9 Å². The molecule has 0 saturated heterocycles. The van der Waals surface area contributed by atoms with Crippen LogP contribution < -0.4 is 0 Å². The molecule has 0 fully saturated rings. The highest BCUT2D eigenvalue weighted by molar-refractivity contribution is 7.12. The van der Waals surface area contributed by atoms with Crippen molar-refractivity contribution in [2.75, 3.05) is 0 Å². The van der Waals surface area contributed by atoms with Crippen molar-refractivity contribution in [1.29, 1.82) is 0 Å². The second-order valence-corrected chi connectivity index (χ2v) is 6.01. The van der Waals surface area contributed by atoms with E-state index in [9.17, 15) is 5.11 Å². The average molecular weight is 257 g/mol. The minimum absolute atomic E-state index is 0.944. The molecule has 3 heteroatoms. The lowest BCUT2D eigenvalue weighted by molar-refractivity contribution is 0.108. The van der Waals surface area contributed by atoms with Gasteiger partial charge in [0, 0.05) is 26.9 Å². The number of nitrogens with one attached hydrogen (secondary N) is 1. The van der Waals surface area contributed by atoms with Gasteiger partial charge in [0.05, 0.1) is 0 Å². The largest absolute Gasteiger partial charge is 0.380 e. The Kier molecular flexibility index (Phi) is 2.54. The van der Waals surface area contributed by atoms with Gasteiger partial charge in [-0.25, -0.2) is 0 Å². The Morgan fingerprint density at radius 1 is 1.17 bits per heavy atom. The molecule has 0 radical (unpaired) electrons. The van der Waals surface area contributed by atoms with Crippen molar-refractivity contribution in [2.24, 2.45) is 0 Å². The second-order valence-electron chi connectivity index (χ2n) is 4.73. The van der Waals surface area contributed by atoms with Gasteiger partial charge >= 0.3 is 0 Å². The van der Waals surface area contributed by atoms with E-state index in [1.54, 1.807) is 11.3 Å².